The molecule has 6 nitrogen and oxygen atoms in total. The molecule has 0 fully saturated rings. The van der Waals surface area contributed by atoms with Gasteiger partial charge in [-0.2, -0.15) is 0 Å². The van der Waals surface area contributed by atoms with Gasteiger partial charge in [0.2, 0.25) is 0 Å². The third kappa shape index (κ3) is 3.49. The third-order valence-electron chi connectivity index (χ3n) is 4.57. The topological polar surface area (TPSA) is 64.2 Å². The van der Waals surface area contributed by atoms with E-state index < -0.39 is 0 Å². The molecule has 0 aliphatic carbocycles. The van der Waals surface area contributed by atoms with Crippen LogP contribution in [-0.4, -0.2) is 21.6 Å². The lowest BCUT2D eigenvalue weighted by molar-refractivity contribution is 0.990. The average molecular weight is 378 g/mol. The van der Waals surface area contributed by atoms with Crippen molar-refractivity contribution in [1.29, 1.82) is 0 Å². The van der Waals surface area contributed by atoms with Crippen LogP contribution in [0.5, 0.6) is 0 Å². The van der Waals surface area contributed by atoms with Crippen molar-refractivity contribution < 1.29 is 0 Å². The van der Waals surface area contributed by atoms with Crippen LogP contribution in [0.25, 0.3) is 33.0 Å². The molecule has 0 spiro atoms. The summed E-state index contributed by atoms with van der Waals surface area (Å²) in [6.07, 6.45) is 5.05. The van der Waals surface area contributed by atoms with E-state index in [9.17, 15) is 4.79 Å². The fraction of sp³-hybridized carbons (Fsp3) is 0.0435. The van der Waals surface area contributed by atoms with Crippen LogP contribution < -0.4 is 10.9 Å². The first-order valence-electron chi connectivity index (χ1n) is 9.00. The quantitative estimate of drug-likeness (QED) is 0.529. The molecule has 0 saturated heterocycles. The van der Waals surface area contributed by atoms with Crippen LogP contribution in [0.15, 0.2) is 84.0 Å². The Balaban J connectivity index is 2.03. The molecule has 2 heterocycles. The summed E-state index contributed by atoms with van der Waals surface area (Å²) in [6, 6.07) is 18.2. The fourth-order valence-electron chi connectivity index (χ4n) is 3.15. The number of pyridine rings is 1. The van der Waals surface area contributed by atoms with Crippen molar-refractivity contribution in [2.45, 2.75) is 0 Å². The van der Waals surface area contributed by atoms with Gasteiger partial charge in [0.15, 0.2) is 11.5 Å². The molecule has 2 aromatic carbocycles. The minimum atomic E-state index is -0.214. The van der Waals surface area contributed by atoms with Crippen molar-refractivity contribution in [2.24, 2.45) is 0 Å². The lowest BCUT2D eigenvalue weighted by Crippen LogP contribution is -2.20. The van der Waals surface area contributed by atoms with E-state index in [0.717, 1.165) is 5.69 Å². The van der Waals surface area contributed by atoms with E-state index in [1.54, 1.807) is 53.5 Å². The molecule has 4 rings (SSSR count). The van der Waals surface area contributed by atoms with E-state index in [-0.39, 0.29) is 5.56 Å². The highest BCUT2D eigenvalue weighted by molar-refractivity contribution is 5.80. The van der Waals surface area contributed by atoms with E-state index >= 15 is 0 Å². The van der Waals surface area contributed by atoms with Crippen LogP contribution in [0, 0.1) is 6.57 Å². The summed E-state index contributed by atoms with van der Waals surface area (Å²) in [7, 11) is 1.83. The van der Waals surface area contributed by atoms with Gasteiger partial charge in [0.1, 0.15) is 0 Å². The summed E-state index contributed by atoms with van der Waals surface area (Å²) in [5.41, 5.74) is 3.51. The van der Waals surface area contributed by atoms with E-state index in [1.807, 2.05) is 37.4 Å². The zero-order valence-electron chi connectivity index (χ0n) is 15.7. The maximum absolute atomic E-state index is 13.4. The minimum Gasteiger partial charge on any atom is -0.388 e. The Bertz CT molecular complexity index is 1270. The number of hydrogen-bond acceptors (Lipinski definition) is 4. The predicted octanol–water partition coefficient (Wildman–Crippen LogP) is 4.55. The summed E-state index contributed by atoms with van der Waals surface area (Å²) in [5.74, 6) is 0.507. The van der Waals surface area contributed by atoms with Gasteiger partial charge < -0.3 is 5.32 Å². The van der Waals surface area contributed by atoms with Crippen LogP contribution in [0.3, 0.4) is 0 Å². The van der Waals surface area contributed by atoms with Crippen LogP contribution in [0.2, 0.25) is 0 Å². The summed E-state index contributed by atoms with van der Waals surface area (Å²) in [4.78, 5) is 25.7. The molecule has 6 heteroatoms. The van der Waals surface area contributed by atoms with Gasteiger partial charge in [0.05, 0.1) is 12.3 Å². The minimum absolute atomic E-state index is 0.214. The van der Waals surface area contributed by atoms with Crippen molar-refractivity contribution in [3.63, 3.8) is 0 Å². The van der Waals surface area contributed by atoms with Crippen molar-refractivity contribution in [3.05, 3.63) is 101 Å². The number of para-hydroxylation sites is 1. The number of nitrogens with one attached hydrogen (secondary N) is 1. The molecule has 2 aromatic heterocycles. The highest BCUT2D eigenvalue weighted by atomic mass is 16.1. The maximum atomic E-state index is 13.4. The van der Waals surface area contributed by atoms with Gasteiger partial charge in [-0.15, -0.1) is 0 Å². The first-order chi connectivity index (χ1) is 14.2. The zero-order valence-corrected chi connectivity index (χ0v) is 15.7. The van der Waals surface area contributed by atoms with Gasteiger partial charge in [-0.3, -0.25) is 9.36 Å². The second kappa shape index (κ2) is 7.79. The number of rotatable bonds is 4. The van der Waals surface area contributed by atoms with Gasteiger partial charge >= 0.3 is 0 Å². The average Bonchev–Trinajstić information content (AvgIpc) is 2.80. The monoisotopic (exact) mass is 378 g/mol. The van der Waals surface area contributed by atoms with E-state index in [0.29, 0.717) is 33.9 Å². The van der Waals surface area contributed by atoms with Crippen molar-refractivity contribution in [1.82, 2.24) is 14.5 Å². The molecule has 0 atom stereocenters. The van der Waals surface area contributed by atoms with E-state index in [2.05, 4.69) is 20.1 Å². The third-order valence-corrected chi connectivity index (χ3v) is 4.57. The number of hydrogen-bond donors (Lipinski definition) is 1. The maximum Gasteiger partial charge on any atom is 0.261 e. The molecule has 0 aliphatic rings. The zero-order chi connectivity index (χ0) is 20.2. The number of nitrogens with zero attached hydrogens (tertiary/aromatic N) is 4. The van der Waals surface area contributed by atoms with E-state index in [1.165, 1.54) is 0 Å². The molecule has 29 heavy (non-hydrogen) atoms. The summed E-state index contributed by atoms with van der Waals surface area (Å²) in [5, 5.41) is 3.09. The van der Waals surface area contributed by atoms with Gasteiger partial charge in [0, 0.05) is 42.5 Å². The van der Waals surface area contributed by atoms with Gasteiger partial charge in [-0.05, 0) is 35.9 Å². The summed E-state index contributed by atoms with van der Waals surface area (Å²) >= 11 is 0. The Kier molecular flexibility index (Phi) is 4.87. The Hall–Kier alpha value is -4.24. The summed E-state index contributed by atoms with van der Waals surface area (Å²) < 4.78 is 1.57. The molecule has 0 aliphatic heterocycles. The normalized spacial score (nSPS) is 10.3. The number of benzene rings is 2. The Morgan fingerprint density at radius 1 is 0.966 bits per heavy atom. The summed E-state index contributed by atoms with van der Waals surface area (Å²) in [6.45, 7) is 7.48. The molecule has 1 N–H and O–H groups in total. The molecule has 0 unspecified atom stereocenters. The highest BCUT2D eigenvalue weighted by Gasteiger charge is 2.15. The Morgan fingerprint density at radius 3 is 2.52 bits per heavy atom. The lowest BCUT2D eigenvalue weighted by Gasteiger charge is -2.13. The van der Waals surface area contributed by atoms with E-state index in [4.69, 9.17) is 6.57 Å². The van der Waals surface area contributed by atoms with Crippen LogP contribution in [0.1, 0.15) is 0 Å². The first-order valence-corrected chi connectivity index (χ1v) is 9.00. The smallest absolute Gasteiger partial charge is 0.261 e. The number of anilines is 1. The standard InChI is InChI=1S/C23H17N5O/c1-24-17-7-5-8-18(14-17)28-15-16(22-26-11-6-12-27-22)13-20(23(28)29)19-9-3-4-10-21(19)25-2/h3-15,24H,1H3/i1-1. The van der Waals surface area contributed by atoms with Crippen molar-refractivity contribution >= 4 is 11.4 Å². The highest BCUT2D eigenvalue weighted by Crippen LogP contribution is 2.30. The van der Waals surface area contributed by atoms with Crippen molar-refractivity contribution in [3.8, 4) is 28.2 Å². The van der Waals surface area contributed by atoms with Crippen LogP contribution in [0.4, 0.5) is 11.4 Å². The molecule has 4 aromatic rings. The first kappa shape index (κ1) is 18.1. The molecular weight excluding hydrogens is 361 g/mol. The molecule has 140 valence electrons. The second-order valence-corrected chi connectivity index (χ2v) is 6.32. The lowest BCUT2D eigenvalue weighted by atomic mass is 10.0. The van der Waals surface area contributed by atoms with Gasteiger partial charge in [0.25, 0.3) is 5.56 Å². The molecular formula is C23H17N5O. The SMILES string of the molecule is [C-]#[N+]c1ccccc1-c1cc(-c2ncccn2)cn(-c2cccc(N[11CH3])c2)c1=O. The fourth-order valence-corrected chi connectivity index (χ4v) is 3.15. The molecule has 0 amide bonds. The predicted molar refractivity (Wildman–Crippen MR) is 114 cm³/mol. The van der Waals surface area contributed by atoms with Gasteiger partial charge in [-0.1, -0.05) is 30.3 Å². The Morgan fingerprint density at radius 2 is 1.76 bits per heavy atom. The largest absolute Gasteiger partial charge is 0.388 e. The molecule has 0 radical (unpaired) electrons. The molecule has 0 bridgehead atoms. The van der Waals surface area contributed by atoms with Crippen molar-refractivity contribution in [2.75, 3.05) is 12.4 Å². The van der Waals surface area contributed by atoms with Gasteiger partial charge in [-0.25, -0.2) is 14.8 Å². The second-order valence-electron chi connectivity index (χ2n) is 6.32. The Labute approximate surface area is 168 Å². The van der Waals surface area contributed by atoms with Crippen LogP contribution >= 0.6 is 0 Å². The van der Waals surface area contributed by atoms with Crippen LogP contribution in [-0.2, 0) is 0 Å². The molecule has 0 saturated carbocycles. The number of aromatic nitrogens is 3.